The number of ether oxygens (including phenoxy) is 1. The number of aryl methyl sites for hydroxylation is 1. The molecule has 1 unspecified atom stereocenters. The number of nitrogens with one attached hydrogen (secondary N) is 2. The average Bonchev–Trinajstić information content (AvgIpc) is 2.31. The quantitative estimate of drug-likeness (QED) is 0.761. The van der Waals surface area contributed by atoms with Gasteiger partial charge >= 0.3 is 0 Å². The van der Waals surface area contributed by atoms with E-state index in [4.69, 9.17) is 4.74 Å². The number of aromatic nitrogens is 2. The Kier molecular flexibility index (Phi) is 5.69. The van der Waals surface area contributed by atoms with Crippen LogP contribution in [0.3, 0.4) is 0 Å². The van der Waals surface area contributed by atoms with E-state index < -0.39 is 0 Å². The maximum Gasteiger partial charge on any atom is 0.224 e. The third kappa shape index (κ3) is 4.56. The van der Waals surface area contributed by atoms with Gasteiger partial charge in [0.25, 0.3) is 0 Å². The molecule has 5 nitrogen and oxygen atoms in total. The van der Waals surface area contributed by atoms with Crippen LogP contribution in [0.4, 0.5) is 11.8 Å². The highest BCUT2D eigenvalue weighted by atomic mass is 16.5. The Morgan fingerprint density at radius 1 is 1.47 bits per heavy atom. The first-order chi connectivity index (χ1) is 8.17. The zero-order valence-corrected chi connectivity index (χ0v) is 11.1. The van der Waals surface area contributed by atoms with Gasteiger partial charge in [0.05, 0.1) is 0 Å². The largest absolute Gasteiger partial charge is 0.385 e. The average molecular weight is 238 g/mol. The molecule has 5 heteroatoms. The number of methoxy groups -OCH3 is 1. The van der Waals surface area contributed by atoms with E-state index in [1.54, 1.807) is 7.11 Å². The van der Waals surface area contributed by atoms with Gasteiger partial charge in [0, 0.05) is 38.1 Å². The van der Waals surface area contributed by atoms with Crippen molar-refractivity contribution < 1.29 is 4.74 Å². The first-order valence-corrected chi connectivity index (χ1v) is 6.00. The topological polar surface area (TPSA) is 59.1 Å². The van der Waals surface area contributed by atoms with Crippen molar-refractivity contribution in [2.24, 2.45) is 0 Å². The standard InChI is InChI=1S/C12H22N4O/c1-5-13-12-14-8-9(2)11(16-12)15-10(3)6-7-17-4/h8,10H,5-7H2,1-4H3,(H2,13,14,15,16). The van der Waals surface area contributed by atoms with Crippen LogP contribution in [0.25, 0.3) is 0 Å². The lowest BCUT2D eigenvalue weighted by atomic mass is 10.2. The second kappa shape index (κ2) is 7.06. The fourth-order valence-electron chi connectivity index (χ4n) is 1.43. The Bertz CT molecular complexity index is 343. The van der Waals surface area contributed by atoms with Gasteiger partial charge in [0.15, 0.2) is 0 Å². The van der Waals surface area contributed by atoms with Crippen LogP contribution in [0.5, 0.6) is 0 Å². The molecule has 0 saturated heterocycles. The molecule has 0 fully saturated rings. The number of anilines is 2. The summed E-state index contributed by atoms with van der Waals surface area (Å²) in [5, 5.41) is 6.48. The van der Waals surface area contributed by atoms with Crippen LogP contribution in [0.2, 0.25) is 0 Å². The van der Waals surface area contributed by atoms with Crippen molar-refractivity contribution in [3.63, 3.8) is 0 Å². The summed E-state index contributed by atoms with van der Waals surface area (Å²) in [5.74, 6) is 1.55. The molecule has 1 atom stereocenters. The third-order valence-electron chi connectivity index (χ3n) is 2.44. The van der Waals surface area contributed by atoms with Crippen LogP contribution in [-0.2, 0) is 4.74 Å². The minimum absolute atomic E-state index is 0.332. The highest BCUT2D eigenvalue weighted by Crippen LogP contribution is 2.14. The van der Waals surface area contributed by atoms with Crippen LogP contribution in [-0.4, -0.2) is 36.3 Å². The van der Waals surface area contributed by atoms with E-state index in [0.717, 1.165) is 31.0 Å². The van der Waals surface area contributed by atoms with Crippen LogP contribution >= 0.6 is 0 Å². The van der Waals surface area contributed by atoms with Gasteiger partial charge in [-0.1, -0.05) is 0 Å². The van der Waals surface area contributed by atoms with E-state index >= 15 is 0 Å². The van der Waals surface area contributed by atoms with Crippen molar-refractivity contribution in [1.29, 1.82) is 0 Å². The lowest BCUT2D eigenvalue weighted by Crippen LogP contribution is -2.19. The van der Waals surface area contributed by atoms with Crippen LogP contribution in [0.15, 0.2) is 6.20 Å². The molecule has 96 valence electrons. The smallest absolute Gasteiger partial charge is 0.224 e. The van der Waals surface area contributed by atoms with Crippen molar-refractivity contribution in [3.05, 3.63) is 11.8 Å². The summed E-state index contributed by atoms with van der Waals surface area (Å²) in [5.41, 5.74) is 1.05. The second-order valence-corrected chi connectivity index (χ2v) is 4.08. The van der Waals surface area contributed by atoms with Gasteiger partial charge in [-0.3, -0.25) is 0 Å². The number of nitrogens with zero attached hydrogens (tertiary/aromatic N) is 2. The highest BCUT2D eigenvalue weighted by molar-refractivity contribution is 5.46. The number of hydrogen-bond donors (Lipinski definition) is 2. The SMILES string of the molecule is CCNc1ncc(C)c(NC(C)CCOC)n1. The monoisotopic (exact) mass is 238 g/mol. The Balaban J connectivity index is 2.64. The molecule has 1 heterocycles. The summed E-state index contributed by atoms with van der Waals surface area (Å²) >= 11 is 0. The second-order valence-electron chi connectivity index (χ2n) is 4.08. The van der Waals surface area contributed by atoms with Gasteiger partial charge in [-0.15, -0.1) is 0 Å². The molecule has 0 aliphatic heterocycles. The van der Waals surface area contributed by atoms with E-state index in [-0.39, 0.29) is 0 Å². The fraction of sp³-hybridized carbons (Fsp3) is 0.667. The molecule has 0 saturated carbocycles. The zero-order valence-electron chi connectivity index (χ0n) is 11.1. The van der Waals surface area contributed by atoms with E-state index in [1.165, 1.54) is 0 Å². The van der Waals surface area contributed by atoms with Crippen LogP contribution < -0.4 is 10.6 Å². The maximum atomic E-state index is 5.06. The van der Waals surface area contributed by atoms with E-state index in [0.29, 0.717) is 12.0 Å². The molecular weight excluding hydrogens is 216 g/mol. The van der Waals surface area contributed by atoms with Crippen molar-refractivity contribution >= 4 is 11.8 Å². The number of rotatable bonds is 7. The minimum Gasteiger partial charge on any atom is -0.385 e. The molecule has 0 radical (unpaired) electrons. The molecule has 1 aromatic heterocycles. The summed E-state index contributed by atoms with van der Waals surface area (Å²) in [6.45, 7) is 7.71. The Morgan fingerprint density at radius 3 is 2.88 bits per heavy atom. The molecule has 1 aromatic rings. The summed E-state index contributed by atoms with van der Waals surface area (Å²) in [7, 11) is 1.71. The molecule has 2 N–H and O–H groups in total. The van der Waals surface area contributed by atoms with Gasteiger partial charge in [-0.25, -0.2) is 4.98 Å². The molecule has 0 spiro atoms. The van der Waals surface area contributed by atoms with E-state index in [1.807, 2.05) is 20.0 Å². The first kappa shape index (κ1) is 13.7. The van der Waals surface area contributed by atoms with Crippen molar-refractivity contribution in [2.75, 3.05) is 30.9 Å². The summed E-state index contributed by atoms with van der Waals surface area (Å²) in [6, 6.07) is 0.332. The Morgan fingerprint density at radius 2 is 2.24 bits per heavy atom. The molecule has 0 aliphatic carbocycles. The summed E-state index contributed by atoms with van der Waals surface area (Å²) in [4.78, 5) is 8.65. The predicted octanol–water partition coefficient (Wildman–Crippen LogP) is 2.05. The van der Waals surface area contributed by atoms with Gasteiger partial charge in [-0.05, 0) is 27.2 Å². The predicted molar refractivity (Wildman–Crippen MR) is 70.5 cm³/mol. The molecule has 0 bridgehead atoms. The van der Waals surface area contributed by atoms with Crippen LogP contribution in [0.1, 0.15) is 25.8 Å². The molecule has 17 heavy (non-hydrogen) atoms. The third-order valence-corrected chi connectivity index (χ3v) is 2.44. The zero-order chi connectivity index (χ0) is 12.7. The molecule has 1 rings (SSSR count). The van der Waals surface area contributed by atoms with Gasteiger partial charge in [0.1, 0.15) is 5.82 Å². The lowest BCUT2D eigenvalue weighted by Gasteiger charge is -2.16. The Labute approximate surface area is 103 Å². The fourth-order valence-corrected chi connectivity index (χ4v) is 1.43. The van der Waals surface area contributed by atoms with E-state index in [2.05, 4.69) is 27.5 Å². The van der Waals surface area contributed by atoms with Crippen LogP contribution in [0, 0.1) is 6.92 Å². The van der Waals surface area contributed by atoms with Crippen molar-refractivity contribution in [1.82, 2.24) is 9.97 Å². The molecule has 0 amide bonds. The number of hydrogen-bond acceptors (Lipinski definition) is 5. The lowest BCUT2D eigenvalue weighted by molar-refractivity contribution is 0.191. The van der Waals surface area contributed by atoms with Gasteiger partial charge in [0.2, 0.25) is 5.95 Å². The van der Waals surface area contributed by atoms with E-state index in [9.17, 15) is 0 Å². The normalized spacial score (nSPS) is 12.2. The van der Waals surface area contributed by atoms with Crippen molar-refractivity contribution in [3.8, 4) is 0 Å². The minimum atomic E-state index is 0.332. The molecule has 0 aromatic carbocycles. The highest BCUT2D eigenvalue weighted by Gasteiger charge is 2.07. The summed E-state index contributed by atoms with van der Waals surface area (Å²) in [6.07, 6.45) is 2.78. The Hall–Kier alpha value is -1.36. The van der Waals surface area contributed by atoms with Gasteiger partial charge < -0.3 is 15.4 Å². The maximum absolute atomic E-state index is 5.06. The first-order valence-electron chi connectivity index (χ1n) is 6.00. The molecule has 0 aliphatic rings. The summed E-state index contributed by atoms with van der Waals surface area (Å²) < 4.78 is 5.06. The van der Waals surface area contributed by atoms with Crippen molar-refractivity contribution in [2.45, 2.75) is 33.2 Å². The van der Waals surface area contributed by atoms with Gasteiger partial charge in [-0.2, -0.15) is 4.98 Å². The molecular formula is C12H22N4O.